The van der Waals surface area contributed by atoms with Crippen LogP contribution in [0.2, 0.25) is 0 Å². The average molecular weight is 333 g/mol. The highest BCUT2D eigenvalue weighted by atomic mass is 32.1. The molecule has 0 saturated carbocycles. The minimum atomic E-state index is -0.0836. The maximum absolute atomic E-state index is 12.5. The molecule has 3 atom stereocenters. The fraction of sp³-hybridized carbons (Fsp3) is 0.529. The number of benzene rings is 1. The summed E-state index contributed by atoms with van der Waals surface area (Å²) in [5.41, 5.74) is 0.987. The number of hydrogen-bond donors (Lipinski definition) is 1. The van der Waals surface area contributed by atoms with Gasteiger partial charge in [0, 0.05) is 13.7 Å². The predicted molar refractivity (Wildman–Crippen MR) is 92.8 cm³/mol. The predicted octanol–water partition coefficient (Wildman–Crippen LogP) is 3.57. The summed E-state index contributed by atoms with van der Waals surface area (Å²) in [6.45, 7) is 4.81. The van der Waals surface area contributed by atoms with Gasteiger partial charge in [-0.15, -0.1) is 11.3 Å². The van der Waals surface area contributed by atoms with E-state index in [1.807, 2.05) is 39.1 Å². The van der Waals surface area contributed by atoms with Crippen LogP contribution >= 0.6 is 11.3 Å². The Morgan fingerprint density at radius 1 is 1.43 bits per heavy atom. The van der Waals surface area contributed by atoms with Crippen LogP contribution in [-0.2, 0) is 4.74 Å². The first-order chi connectivity index (χ1) is 11.1. The molecule has 23 heavy (non-hydrogen) atoms. The topological polar surface area (TPSA) is 54.5 Å². The lowest BCUT2D eigenvalue weighted by molar-refractivity contribution is 0.0830. The second-order valence-corrected chi connectivity index (χ2v) is 7.16. The molecule has 3 rings (SSSR count). The van der Waals surface area contributed by atoms with Crippen molar-refractivity contribution in [3.63, 3.8) is 0 Å². The standard InChI is InChI=1S/C17H23N3O2S/c1-11(14-8-6-10-22-14)18-17(21)20(3)12(2)16-19-13-7-4-5-9-15(13)23-16/h4-5,7,9,11-12,14H,6,8,10H2,1-3H3,(H,18,21)/t11-,12+,14-/m0/s1. The molecule has 2 heterocycles. The van der Waals surface area contributed by atoms with Crippen molar-refractivity contribution in [3.8, 4) is 0 Å². The normalized spacial score (nSPS) is 20.4. The van der Waals surface area contributed by atoms with Crippen molar-refractivity contribution in [2.75, 3.05) is 13.7 Å². The summed E-state index contributed by atoms with van der Waals surface area (Å²) in [5.74, 6) is 0. The Morgan fingerprint density at radius 3 is 2.91 bits per heavy atom. The Bertz CT molecular complexity index is 648. The highest BCUT2D eigenvalue weighted by Crippen LogP contribution is 2.28. The Morgan fingerprint density at radius 2 is 2.22 bits per heavy atom. The average Bonchev–Trinajstić information content (AvgIpc) is 3.22. The summed E-state index contributed by atoms with van der Waals surface area (Å²) >= 11 is 1.64. The molecule has 1 aromatic carbocycles. The van der Waals surface area contributed by atoms with Crippen LogP contribution in [0.15, 0.2) is 24.3 Å². The van der Waals surface area contributed by atoms with Crippen LogP contribution in [0, 0.1) is 0 Å². The third-order valence-electron chi connectivity index (χ3n) is 4.44. The van der Waals surface area contributed by atoms with Gasteiger partial charge in [0.2, 0.25) is 0 Å². The fourth-order valence-electron chi connectivity index (χ4n) is 2.80. The molecule has 124 valence electrons. The van der Waals surface area contributed by atoms with Crippen LogP contribution in [0.1, 0.15) is 37.7 Å². The molecule has 0 bridgehead atoms. The Labute approximate surface area is 140 Å². The van der Waals surface area contributed by atoms with E-state index >= 15 is 0 Å². The van der Waals surface area contributed by atoms with Gasteiger partial charge in [-0.1, -0.05) is 12.1 Å². The van der Waals surface area contributed by atoms with E-state index in [2.05, 4.69) is 16.4 Å². The number of carbonyl (C=O) groups is 1. The molecular formula is C17H23N3O2S. The smallest absolute Gasteiger partial charge is 0.318 e. The van der Waals surface area contributed by atoms with Crippen LogP contribution in [-0.4, -0.2) is 41.7 Å². The van der Waals surface area contributed by atoms with Crippen LogP contribution < -0.4 is 5.32 Å². The SMILES string of the molecule is C[C@H](NC(=O)N(C)[C@H](C)c1nc2ccccc2s1)[C@@H]1CCCO1. The van der Waals surface area contributed by atoms with Gasteiger partial charge in [-0.25, -0.2) is 9.78 Å². The van der Waals surface area contributed by atoms with Gasteiger partial charge in [0.15, 0.2) is 0 Å². The first-order valence-corrected chi connectivity index (χ1v) is 8.88. The molecule has 0 unspecified atom stereocenters. The van der Waals surface area contributed by atoms with E-state index < -0.39 is 0 Å². The lowest BCUT2D eigenvalue weighted by atomic mass is 10.1. The van der Waals surface area contributed by atoms with Crippen molar-refractivity contribution in [2.24, 2.45) is 0 Å². The summed E-state index contributed by atoms with van der Waals surface area (Å²) in [4.78, 5) is 18.8. The molecule has 0 radical (unpaired) electrons. The van der Waals surface area contributed by atoms with Gasteiger partial charge < -0.3 is 15.0 Å². The Kier molecular flexibility index (Phi) is 4.82. The maximum Gasteiger partial charge on any atom is 0.318 e. The van der Waals surface area contributed by atoms with Crippen molar-refractivity contribution in [2.45, 2.75) is 44.9 Å². The Hall–Kier alpha value is -1.66. The van der Waals surface area contributed by atoms with E-state index in [0.717, 1.165) is 34.7 Å². The molecule has 5 nitrogen and oxygen atoms in total. The van der Waals surface area contributed by atoms with Gasteiger partial charge in [-0.3, -0.25) is 0 Å². The van der Waals surface area contributed by atoms with Gasteiger partial charge in [-0.05, 0) is 38.8 Å². The minimum Gasteiger partial charge on any atom is -0.376 e. The lowest BCUT2D eigenvalue weighted by Gasteiger charge is -2.27. The van der Waals surface area contributed by atoms with Crippen molar-refractivity contribution < 1.29 is 9.53 Å². The monoisotopic (exact) mass is 333 g/mol. The summed E-state index contributed by atoms with van der Waals surface area (Å²) in [6.07, 6.45) is 2.21. The van der Waals surface area contributed by atoms with E-state index in [9.17, 15) is 4.79 Å². The van der Waals surface area contributed by atoms with E-state index in [4.69, 9.17) is 4.74 Å². The van der Waals surface area contributed by atoms with Crippen LogP contribution in [0.3, 0.4) is 0 Å². The lowest BCUT2D eigenvalue weighted by Crippen LogP contribution is -2.47. The number of urea groups is 1. The summed E-state index contributed by atoms with van der Waals surface area (Å²) in [7, 11) is 1.81. The first-order valence-electron chi connectivity index (χ1n) is 8.06. The number of para-hydroxylation sites is 1. The molecule has 0 aliphatic carbocycles. The van der Waals surface area contributed by atoms with Gasteiger partial charge in [0.05, 0.1) is 28.4 Å². The van der Waals surface area contributed by atoms with E-state index in [0.29, 0.717) is 0 Å². The number of thiazole rings is 1. The fourth-order valence-corrected chi connectivity index (χ4v) is 3.86. The number of aromatic nitrogens is 1. The molecule has 1 N–H and O–H groups in total. The van der Waals surface area contributed by atoms with E-state index in [1.54, 1.807) is 16.2 Å². The van der Waals surface area contributed by atoms with Gasteiger partial charge in [0.25, 0.3) is 0 Å². The third-order valence-corrected chi connectivity index (χ3v) is 5.65. The van der Waals surface area contributed by atoms with Crippen molar-refractivity contribution >= 4 is 27.6 Å². The molecule has 1 aliphatic heterocycles. The third kappa shape index (κ3) is 3.48. The molecule has 1 aliphatic rings. The second-order valence-electron chi connectivity index (χ2n) is 6.10. The molecule has 0 spiro atoms. The molecule has 2 aromatic rings. The Balaban J connectivity index is 1.65. The minimum absolute atomic E-state index is 0.0232. The van der Waals surface area contributed by atoms with Gasteiger partial charge in [0.1, 0.15) is 5.01 Å². The number of fused-ring (bicyclic) bond motifs is 1. The molecule has 6 heteroatoms. The molecular weight excluding hydrogens is 310 g/mol. The van der Waals surface area contributed by atoms with Crippen LogP contribution in [0.25, 0.3) is 10.2 Å². The van der Waals surface area contributed by atoms with Gasteiger partial charge in [-0.2, -0.15) is 0 Å². The zero-order valence-corrected chi connectivity index (χ0v) is 14.6. The number of carbonyl (C=O) groups excluding carboxylic acids is 1. The van der Waals surface area contributed by atoms with Crippen LogP contribution in [0.4, 0.5) is 4.79 Å². The maximum atomic E-state index is 12.5. The molecule has 1 saturated heterocycles. The summed E-state index contributed by atoms with van der Waals surface area (Å²) in [5, 5.41) is 4.00. The molecule has 1 aromatic heterocycles. The van der Waals surface area contributed by atoms with Crippen LogP contribution in [0.5, 0.6) is 0 Å². The number of rotatable bonds is 4. The summed E-state index contributed by atoms with van der Waals surface area (Å²) < 4.78 is 6.79. The first kappa shape index (κ1) is 16.2. The number of nitrogens with one attached hydrogen (secondary N) is 1. The van der Waals surface area contributed by atoms with Crippen molar-refractivity contribution in [3.05, 3.63) is 29.3 Å². The number of amides is 2. The largest absolute Gasteiger partial charge is 0.376 e. The molecule has 1 fully saturated rings. The number of hydrogen-bond acceptors (Lipinski definition) is 4. The van der Waals surface area contributed by atoms with E-state index in [1.165, 1.54) is 0 Å². The number of nitrogens with zero attached hydrogens (tertiary/aromatic N) is 2. The van der Waals surface area contributed by atoms with Gasteiger partial charge >= 0.3 is 6.03 Å². The highest BCUT2D eigenvalue weighted by Gasteiger charge is 2.27. The molecule has 2 amide bonds. The van der Waals surface area contributed by atoms with Crippen molar-refractivity contribution in [1.29, 1.82) is 0 Å². The highest BCUT2D eigenvalue weighted by molar-refractivity contribution is 7.18. The zero-order chi connectivity index (χ0) is 16.4. The number of ether oxygens (including phenoxy) is 1. The second kappa shape index (κ2) is 6.84. The van der Waals surface area contributed by atoms with E-state index in [-0.39, 0.29) is 24.2 Å². The summed E-state index contributed by atoms with van der Waals surface area (Å²) in [6, 6.07) is 7.92. The van der Waals surface area contributed by atoms with Crippen molar-refractivity contribution in [1.82, 2.24) is 15.2 Å². The zero-order valence-electron chi connectivity index (χ0n) is 13.8. The quantitative estimate of drug-likeness (QED) is 0.930.